The lowest BCUT2D eigenvalue weighted by molar-refractivity contribution is 0.396. The van der Waals surface area contributed by atoms with E-state index in [4.69, 9.17) is 0 Å². The van der Waals surface area contributed by atoms with Gasteiger partial charge >= 0.3 is 0 Å². The van der Waals surface area contributed by atoms with E-state index in [2.05, 4.69) is 17.5 Å². The summed E-state index contributed by atoms with van der Waals surface area (Å²) in [5, 5.41) is 3.80. The lowest BCUT2D eigenvalue weighted by Crippen LogP contribution is -2.35. The molecule has 0 radical (unpaired) electrons. The molecule has 0 aromatic rings. The minimum atomic E-state index is 0.825. The smallest absolute Gasteiger partial charge is 0.0136 e. The fourth-order valence-electron chi connectivity index (χ4n) is 3.55. The highest BCUT2D eigenvalue weighted by Gasteiger charge is 2.35. The molecule has 1 heteroatoms. The van der Waals surface area contributed by atoms with Crippen molar-refractivity contribution in [1.29, 1.82) is 0 Å². The van der Waals surface area contributed by atoms with Crippen LogP contribution in [-0.4, -0.2) is 12.6 Å². The van der Waals surface area contributed by atoms with E-state index in [1.807, 2.05) is 0 Å². The molecule has 3 rings (SSSR count). The Labute approximate surface area is 87.0 Å². The number of rotatable bonds is 3. The quantitative estimate of drug-likeness (QED) is 0.676. The van der Waals surface area contributed by atoms with Gasteiger partial charge in [-0.2, -0.15) is 0 Å². The van der Waals surface area contributed by atoms with Gasteiger partial charge in [-0.15, -0.1) is 0 Å². The number of hydrogen-bond acceptors (Lipinski definition) is 1. The molecule has 3 aliphatic carbocycles. The van der Waals surface area contributed by atoms with Gasteiger partial charge in [0.1, 0.15) is 0 Å². The van der Waals surface area contributed by atoms with E-state index in [0.29, 0.717) is 0 Å². The predicted molar refractivity (Wildman–Crippen MR) is 59.1 cm³/mol. The van der Waals surface area contributed by atoms with Crippen molar-refractivity contribution in [3.05, 3.63) is 12.2 Å². The summed E-state index contributed by atoms with van der Waals surface area (Å²) in [6.07, 6.45) is 13.6. The fraction of sp³-hybridized carbons (Fsp3) is 0.846. The Kier molecular flexibility index (Phi) is 2.36. The van der Waals surface area contributed by atoms with Crippen molar-refractivity contribution in [3.8, 4) is 0 Å². The minimum Gasteiger partial charge on any atom is -0.313 e. The third kappa shape index (κ3) is 1.63. The first-order valence-electron chi connectivity index (χ1n) is 6.33. The molecule has 0 aromatic heterocycles. The molecule has 0 amide bonds. The van der Waals surface area contributed by atoms with Crippen LogP contribution < -0.4 is 5.32 Å². The largest absolute Gasteiger partial charge is 0.313 e. The maximum absolute atomic E-state index is 3.80. The summed E-state index contributed by atoms with van der Waals surface area (Å²) >= 11 is 0. The van der Waals surface area contributed by atoms with E-state index < -0.39 is 0 Å². The van der Waals surface area contributed by atoms with Crippen LogP contribution >= 0.6 is 0 Å². The normalized spacial score (nSPS) is 41.3. The molecular weight excluding hydrogens is 170 g/mol. The Morgan fingerprint density at radius 2 is 1.93 bits per heavy atom. The molecular formula is C13H21N. The zero-order valence-corrected chi connectivity index (χ0v) is 8.91. The minimum absolute atomic E-state index is 0.825. The lowest BCUT2D eigenvalue weighted by Gasteiger charge is -2.21. The third-order valence-electron chi connectivity index (χ3n) is 4.42. The molecule has 0 saturated heterocycles. The molecule has 3 aliphatic rings. The topological polar surface area (TPSA) is 12.0 Å². The third-order valence-corrected chi connectivity index (χ3v) is 4.42. The number of hydrogen-bond donors (Lipinski definition) is 1. The van der Waals surface area contributed by atoms with E-state index >= 15 is 0 Å². The van der Waals surface area contributed by atoms with Gasteiger partial charge in [0.25, 0.3) is 0 Å². The highest BCUT2D eigenvalue weighted by atomic mass is 14.9. The van der Waals surface area contributed by atoms with Gasteiger partial charge in [0.05, 0.1) is 0 Å². The molecule has 1 unspecified atom stereocenters. The molecule has 0 aromatic carbocycles. The number of allylic oxidation sites excluding steroid dienone is 1. The fourth-order valence-corrected chi connectivity index (χ4v) is 3.55. The summed E-state index contributed by atoms with van der Waals surface area (Å²) in [6, 6.07) is 0.825. The summed E-state index contributed by atoms with van der Waals surface area (Å²) in [7, 11) is 0. The SMILES string of the molecule is C1=C[C@H]2C[C@@H]1CC2NCC1CCCC1. The van der Waals surface area contributed by atoms with Crippen molar-refractivity contribution in [2.75, 3.05) is 6.54 Å². The van der Waals surface area contributed by atoms with Gasteiger partial charge in [0.15, 0.2) is 0 Å². The average molecular weight is 191 g/mol. The van der Waals surface area contributed by atoms with E-state index in [1.165, 1.54) is 45.1 Å². The number of nitrogens with one attached hydrogen (secondary N) is 1. The Morgan fingerprint density at radius 3 is 2.57 bits per heavy atom. The summed E-state index contributed by atoms with van der Waals surface area (Å²) in [5.41, 5.74) is 0. The zero-order valence-electron chi connectivity index (χ0n) is 8.91. The van der Waals surface area contributed by atoms with Crippen LogP contribution in [0.15, 0.2) is 12.2 Å². The molecule has 3 atom stereocenters. The Morgan fingerprint density at radius 1 is 1.07 bits per heavy atom. The van der Waals surface area contributed by atoms with E-state index in [9.17, 15) is 0 Å². The molecule has 0 spiro atoms. The molecule has 2 bridgehead atoms. The first kappa shape index (κ1) is 8.96. The van der Waals surface area contributed by atoms with Gasteiger partial charge in [-0.1, -0.05) is 25.0 Å². The molecule has 78 valence electrons. The van der Waals surface area contributed by atoms with Crippen LogP contribution in [-0.2, 0) is 0 Å². The van der Waals surface area contributed by atoms with Gasteiger partial charge < -0.3 is 5.32 Å². The van der Waals surface area contributed by atoms with Crippen LogP contribution in [0, 0.1) is 17.8 Å². The second-order valence-corrected chi connectivity index (χ2v) is 5.45. The molecule has 2 fully saturated rings. The van der Waals surface area contributed by atoms with Crippen molar-refractivity contribution in [1.82, 2.24) is 5.32 Å². The standard InChI is InChI=1S/C13H21N/c1-2-4-10(3-1)9-14-13-8-11-5-6-12(13)7-11/h5-6,10-14H,1-4,7-9H2/t11-,12+,13?/m1/s1. The second kappa shape index (κ2) is 3.69. The van der Waals surface area contributed by atoms with Crippen LogP contribution in [0.4, 0.5) is 0 Å². The van der Waals surface area contributed by atoms with Crippen molar-refractivity contribution in [3.63, 3.8) is 0 Å². The van der Waals surface area contributed by atoms with Gasteiger partial charge in [-0.3, -0.25) is 0 Å². The molecule has 1 nitrogen and oxygen atoms in total. The van der Waals surface area contributed by atoms with Crippen molar-refractivity contribution < 1.29 is 0 Å². The van der Waals surface area contributed by atoms with Crippen molar-refractivity contribution in [2.24, 2.45) is 17.8 Å². The Balaban J connectivity index is 1.47. The zero-order chi connectivity index (χ0) is 9.38. The van der Waals surface area contributed by atoms with Gasteiger partial charge in [-0.05, 0) is 50.0 Å². The highest BCUT2D eigenvalue weighted by molar-refractivity contribution is 5.12. The van der Waals surface area contributed by atoms with Crippen LogP contribution in [0.1, 0.15) is 38.5 Å². The Bertz CT molecular complexity index is 227. The van der Waals surface area contributed by atoms with Gasteiger partial charge in [-0.25, -0.2) is 0 Å². The van der Waals surface area contributed by atoms with Crippen LogP contribution in [0.5, 0.6) is 0 Å². The van der Waals surface area contributed by atoms with Crippen molar-refractivity contribution in [2.45, 2.75) is 44.6 Å². The lowest BCUT2D eigenvalue weighted by atomic mass is 10.0. The maximum atomic E-state index is 3.80. The maximum Gasteiger partial charge on any atom is 0.0136 e. The van der Waals surface area contributed by atoms with Crippen LogP contribution in [0.25, 0.3) is 0 Å². The molecule has 0 heterocycles. The van der Waals surface area contributed by atoms with E-state index in [1.54, 1.807) is 0 Å². The van der Waals surface area contributed by atoms with E-state index in [-0.39, 0.29) is 0 Å². The van der Waals surface area contributed by atoms with Gasteiger partial charge in [0, 0.05) is 6.04 Å². The van der Waals surface area contributed by atoms with E-state index in [0.717, 1.165) is 23.8 Å². The van der Waals surface area contributed by atoms with Crippen molar-refractivity contribution >= 4 is 0 Å². The first-order chi connectivity index (χ1) is 6.92. The summed E-state index contributed by atoms with van der Waals surface area (Å²) < 4.78 is 0. The van der Waals surface area contributed by atoms with Gasteiger partial charge in [0.2, 0.25) is 0 Å². The second-order valence-electron chi connectivity index (χ2n) is 5.45. The highest BCUT2D eigenvalue weighted by Crippen LogP contribution is 2.39. The predicted octanol–water partition coefficient (Wildman–Crippen LogP) is 2.73. The summed E-state index contributed by atoms with van der Waals surface area (Å²) in [6.45, 7) is 1.29. The summed E-state index contributed by atoms with van der Waals surface area (Å²) in [4.78, 5) is 0. The molecule has 1 N–H and O–H groups in total. The monoisotopic (exact) mass is 191 g/mol. The molecule has 14 heavy (non-hydrogen) atoms. The molecule has 0 aliphatic heterocycles. The van der Waals surface area contributed by atoms with Crippen LogP contribution in [0.2, 0.25) is 0 Å². The summed E-state index contributed by atoms with van der Waals surface area (Å²) in [5.74, 6) is 2.79. The average Bonchev–Trinajstić information content (AvgIpc) is 2.91. The number of fused-ring (bicyclic) bond motifs is 2. The first-order valence-corrected chi connectivity index (χ1v) is 6.33. The van der Waals surface area contributed by atoms with Crippen LogP contribution in [0.3, 0.4) is 0 Å². The molecule has 2 saturated carbocycles. The Hall–Kier alpha value is -0.300.